The Kier molecular flexibility index (Phi) is 6.60. The van der Waals surface area contributed by atoms with Crippen molar-refractivity contribution in [2.24, 2.45) is 5.92 Å². The van der Waals surface area contributed by atoms with Gasteiger partial charge in [-0.25, -0.2) is 12.8 Å². The summed E-state index contributed by atoms with van der Waals surface area (Å²) in [6.07, 6.45) is 4.66. The van der Waals surface area contributed by atoms with E-state index in [1.54, 1.807) is 29.2 Å². The van der Waals surface area contributed by atoms with Crippen LogP contribution in [0.2, 0.25) is 0 Å². The normalized spacial score (nSPS) is 19.7. The molecule has 2 fully saturated rings. The average molecular weight is 459 g/mol. The van der Waals surface area contributed by atoms with Crippen LogP contribution in [0.15, 0.2) is 53.4 Å². The van der Waals surface area contributed by atoms with Gasteiger partial charge >= 0.3 is 0 Å². The quantitative estimate of drug-likeness (QED) is 0.733. The highest BCUT2D eigenvalue weighted by atomic mass is 32.2. The van der Waals surface area contributed by atoms with Crippen molar-refractivity contribution in [3.63, 3.8) is 0 Å². The van der Waals surface area contributed by atoms with Crippen molar-refractivity contribution in [1.82, 2.24) is 4.90 Å². The zero-order chi connectivity index (χ0) is 22.7. The Balaban J connectivity index is 1.38. The smallest absolute Gasteiger partial charge is 0.253 e. The number of anilines is 1. The molecule has 2 aromatic rings. The Morgan fingerprint density at radius 3 is 2.22 bits per heavy atom. The number of sulfone groups is 1. The topological polar surface area (TPSA) is 83.6 Å². The molecule has 0 radical (unpaired) electrons. The van der Waals surface area contributed by atoms with Gasteiger partial charge in [0.05, 0.1) is 16.1 Å². The van der Waals surface area contributed by atoms with E-state index in [1.807, 2.05) is 0 Å². The van der Waals surface area contributed by atoms with E-state index < -0.39 is 15.7 Å². The first-order chi connectivity index (χ1) is 15.3. The van der Waals surface area contributed by atoms with E-state index in [0.717, 1.165) is 12.8 Å². The largest absolute Gasteiger partial charge is 0.338 e. The Hall–Kier alpha value is -2.74. The van der Waals surface area contributed by atoms with Gasteiger partial charge in [0.1, 0.15) is 5.82 Å². The molecule has 170 valence electrons. The molecule has 1 saturated carbocycles. The summed E-state index contributed by atoms with van der Waals surface area (Å²) >= 11 is 0. The minimum absolute atomic E-state index is 0.201. The monoisotopic (exact) mass is 458 g/mol. The fourth-order valence-corrected chi connectivity index (χ4v) is 6.37. The van der Waals surface area contributed by atoms with Crippen molar-refractivity contribution in [1.29, 1.82) is 0 Å². The molecule has 2 amide bonds. The number of carbonyl (C=O) groups excluding carboxylic acids is 2. The summed E-state index contributed by atoms with van der Waals surface area (Å²) in [7, 11) is -3.33. The zero-order valence-electron chi connectivity index (χ0n) is 17.8. The van der Waals surface area contributed by atoms with Gasteiger partial charge in [-0.1, -0.05) is 12.8 Å². The van der Waals surface area contributed by atoms with Crippen LogP contribution in [-0.4, -0.2) is 43.5 Å². The molecule has 0 bridgehead atoms. The molecule has 2 aromatic carbocycles. The first-order valence-electron chi connectivity index (χ1n) is 11.0. The number of nitrogens with zero attached hydrogens (tertiary/aromatic N) is 1. The lowest BCUT2D eigenvalue weighted by molar-refractivity contribution is -0.121. The third kappa shape index (κ3) is 4.85. The van der Waals surface area contributed by atoms with E-state index in [9.17, 15) is 22.4 Å². The van der Waals surface area contributed by atoms with Crippen LogP contribution < -0.4 is 5.32 Å². The number of benzene rings is 2. The van der Waals surface area contributed by atoms with Crippen LogP contribution in [0.4, 0.5) is 10.1 Å². The first-order valence-corrected chi connectivity index (χ1v) is 12.6. The van der Waals surface area contributed by atoms with E-state index in [0.29, 0.717) is 43.5 Å². The van der Waals surface area contributed by atoms with Gasteiger partial charge in [0.25, 0.3) is 5.91 Å². The van der Waals surface area contributed by atoms with Crippen LogP contribution in [0.5, 0.6) is 0 Å². The minimum Gasteiger partial charge on any atom is -0.338 e. The number of rotatable bonds is 5. The summed E-state index contributed by atoms with van der Waals surface area (Å²) in [5.41, 5.74) is 0.925. The third-order valence-corrected chi connectivity index (χ3v) is 8.64. The molecule has 32 heavy (non-hydrogen) atoms. The second kappa shape index (κ2) is 9.40. The predicted molar refractivity (Wildman–Crippen MR) is 120 cm³/mol. The van der Waals surface area contributed by atoms with Crippen LogP contribution in [0, 0.1) is 11.7 Å². The van der Waals surface area contributed by atoms with Gasteiger partial charge < -0.3 is 10.2 Å². The number of hydrogen-bond acceptors (Lipinski definition) is 4. The number of halogens is 1. The number of nitrogens with one attached hydrogen (secondary N) is 1. The van der Waals surface area contributed by atoms with Crippen LogP contribution in [0.1, 0.15) is 48.9 Å². The standard InChI is InChI=1S/C24H27FN2O4S/c25-19-9-7-17(8-10-19)24(29)27-15-3-4-18(16-27)23(28)26-20-11-13-22(14-12-20)32(30,31)21-5-1-2-6-21/h7-14,18,21H,1-6,15-16H2,(H,26,28). The van der Waals surface area contributed by atoms with Gasteiger partial charge in [0, 0.05) is 24.3 Å². The molecule has 8 heteroatoms. The highest BCUT2D eigenvalue weighted by Gasteiger charge is 2.31. The maximum atomic E-state index is 13.1. The molecule has 1 atom stereocenters. The van der Waals surface area contributed by atoms with Gasteiger partial charge in [0.15, 0.2) is 9.84 Å². The van der Waals surface area contributed by atoms with Gasteiger partial charge in [-0.3, -0.25) is 9.59 Å². The SMILES string of the molecule is O=C(Nc1ccc(S(=O)(=O)C2CCCC2)cc1)C1CCCN(C(=O)c2ccc(F)cc2)C1. The van der Waals surface area contributed by atoms with E-state index in [1.165, 1.54) is 24.3 Å². The molecule has 1 unspecified atom stereocenters. The van der Waals surface area contributed by atoms with Gasteiger partial charge in [-0.15, -0.1) is 0 Å². The van der Waals surface area contributed by atoms with Gasteiger partial charge in [-0.2, -0.15) is 0 Å². The molecule has 1 saturated heterocycles. The maximum Gasteiger partial charge on any atom is 0.253 e. The summed E-state index contributed by atoms with van der Waals surface area (Å²) in [6.45, 7) is 0.837. The molecule has 1 heterocycles. The third-order valence-electron chi connectivity index (χ3n) is 6.36. The Morgan fingerprint density at radius 1 is 0.906 bits per heavy atom. The van der Waals surface area contributed by atoms with Crippen LogP contribution in [-0.2, 0) is 14.6 Å². The lowest BCUT2D eigenvalue weighted by Gasteiger charge is -2.32. The molecule has 0 spiro atoms. The minimum atomic E-state index is -3.33. The number of amides is 2. The molecule has 4 rings (SSSR count). The molecule has 1 N–H and O–H groups in total. The number of likely N-dealkylation sites (tertiary alicyclic amines) is 1. The molecule has 1 aliphatic heterocycles. The van der Waals surface area contributed by atoms with E-state index in [4.69, 9.17) is 0 Å². The summed E-state index contributed by atoms with van der Waals surface area (Å²) in [5.74, 6) is -1.19. The van der Waals surface area contributed by atoms with Crippen molar-refractivity contribution in [3.8, 4) is 0 Å². The Labute approximate surface area is 187 Å². The van der Waals surface area contributed by atoms with Crippen LogP contribution >= 0.6 is 0 Å². The van der Waals surface area contributed by atoms with E-state index >= 15 is 0 Å². The maximum absolute atomic E-state index is 13.1. The van der Waals surface area contributed by atoms with Gasteiger partial charge in [-0.05, 0) is 74.2 Å². The Morgan fingerprint density at radius 2 is 1.56 bits per heavy atom. The molecular formula is C24H27FN2O4S. The summed E-state index contributed by atoms with van der Waals surface area (Å²) < 4.78 is 38.5. The highest BCUT2D eigenvalue weighted by Crippen LogP contribution is 2.30. The van der Waals surface area contributed by atoms with Crippen LogP contribution in [0.3, 0.4) is 0 Å². The van der Waals surface area contributed by atoms with E-state index in [2.05, 4.69) is 5.32 Å². The van der Waals surface area contributed by atoms with E-state index in [-0.39, 0.29) is 34.4 Å². The fraction of sp³-hybridized carbons (Fsp3) is 0.417. The van der Waals surface area contributed by atoms with Crippen molar-refractivity contribution < 1.29 is 22.4 Å². The molecule has 0 aromatic heterocycles. The van der Waals surface area contributed by atoms with Crippen molar-refractivity contribution in [2.75, 3.05) is 18.4 Å². The second-order valence-corrected chi connectivity index (χ2v) is 10.8. The average Bonchev–Trinajstić information content (AvgIpc) is 3.36. The lowest BCUT2D eigenvalue weighted by atomic mass is 9.96. The second-order valence-electron chi connectivity index (χ2n) is 8.56. The predicted octanol–water partition coefficient (Wildman–Crippen LogP) is 4.03. The first kappa shape index (κ1) is 22.5. The summed E-state index contributed by atoms with van der Waals surface area (Å²) in [6, 6.07) is 11.7. The number of carbonyl (C=O) groups is 2. The number of piperidine rings is 1. The number of hydrogen-bond donors (Lipinski definition) is 1. The molecular weight excluding hydrogens is 431 g/mol. The summed E-state index contributed by atoms with van der Waals surface area (Å²) in [5, 5.41) is 2.53. The van der Waals surface area contributed by atoms with Crippen molar-refractivity contribution in [3.05, 3.63) is 59.9 Å². The summed E-state index contributed by atoms with van der Waals surface area (Å²) in [4.78, 5) is 27.4. The van der Waals surface area contributed by atoms with Gasteiger partial charge in [0.2, 0.25) is 5.91 Å². The molecule has 1 aliphatic carbocycles. The molecule has 6 nitrogen and oxygen atoms in total. The Bertz CT molecular complexity index is 1080. The molecule has 2 aliphatic rings. The zero-order valence-corrected chi connectivity index (χ0v) is 18.6. The van der Waals surface area contributed by atoms with Crippen LogP contribution in [0.25, 0.3) is 0 Å². The fourth-order valence-electron chi connectivity index (χ4n) is 4.51. The van der Waals surface area contributed by atoms with Crippen molar-refractivity contribution >= 4 is 27.3 Å². The van der Waals surface area contributed by atoms with Crippen molar-refractivity contribution in [2.45, 2.75) is 48.7 Å². The highest BCUT2D eigenvalue weighted by molar-refractivity contribution is 7.92. The lowest BCUT2D eigenvalue weighted by Crippen LogP contribution is -2.43.